The summed E-state index contributed by atoms with van der Waals surface area (Å²) in [7, 11) is 5.22. The normalized spacial score (nSPS) is 13.1. The average Bonchev–Trinajstić information content (AvgIpc) is 3.36. The van der Waals surface area contributed by atoms with Crippen LogP contribution in [0.5, 0.6) is 17.4 Å². The minimum absolute atomic E-state index is 0.381. The molecule has 1 aliphatic heterocycles. The van der Waals surface area contributed by atoms with Gasteiger partial charge in [-0.2, -0.15) is 5.10 Å². The Kier molecular flexibility index (Phi) is 5.94. The van der Waals surface area contributed by atoms with E-state index in [1.165, 1.54) is 0 Å². The molecule has 0 unspecified atom stereocenters. The van der Waals surface area contributed by atoms with Gasteiger partial charge in [0.05, 0.1) is 38.0 Å². The molecule has 0 fully saturated rings. The molecule has 3 heterocycles. The van der Waals surface area contributed by atoms with Crippen LogP contribution in [0.1, 0.15) is 22.5 Å². The van der Waals surface area contributed by atoms with Gasteiger partial charge in [-0.05, 0) is 38.5 Å². The highest BCUT2D eigenvalue weighted by atomic mass is 16.5. The fraction of sp³-hybridized carbons (Fsp3) is 0.333. The Morgan fingerprint density at radius 2 is 1.75 bits per heavy atom. The summed E-state index contributed by atoms with van der Waals surface area (Å²) in [4.78, 5) is 8.65. The van der Waals surface area contributed by atoms with Crippen molar-refractivity contribution in [1.82, 2.24) is 14.8 Å². The molecule has 0 radical (unpaired) electrons. The van der Waals surface area contributed by atoms with E-state index in [0.29, 0.717) is 30.7 Å². The van der Waals surface area contributed by atoms with Crippen molar-refractivity contribution < 1.29 is 14.2 Å². The third-order valence-electron chi connectivity index (χ3n) is 5.68. The SMILES string of the molecule is COc1ccc(COc2cc(N3C=CN(c4c(C)nn(C)c4C)C3)c(C)cc2OC)cn1. The number of methoxy groups -OCH3 is 2. The standard InChI is InChI=1S/C24H29N5O3/c1-16-11-21(30-5)22(32-14-19-7-8-23(31-6)25-13-19)12-20(16)28-9-10-29(15-28)24-17(2)26-27(4)18(24)3/h7-13H,14-15H2,1-6H3. The lowest BCUT2D eigenvalue weighted by molar-refractivity contribution is 0.283. The van der Waals surface area contributed by atoms with E-state index in [2.05, 4.69) is 46.1 Å². The van der Waals surface area contributed by atoms with Gasteiger partial charge in [0, 0.05) is 49.0 Å². The van der Waals surface area contributed by atoms with Gasteiger partial charge in [0.2, 0.25) is 5.88 Å². The van der Waals surface area contributed by atoms with Crippen molar-refractivity contribution in [1.29, 1.82) is 0 Å². The zero-order chi connectivity index (χ0) is 22.8. The monoisotopic (exact) mass is 435 g/mol. The second kappa shape index (κ2) is 8.82. The summed E-state index contributed by atoms with van der Waals surface area (Å²) in [6.07, 6.45) is 5.92. The van der Waals surface area contributed by atoms with Gasteiger partial charge in [0.1, 0.15) is 6.61 Å². The van der Waals surface area contributed by atoms with Crippen LogP contribution in [0, 0.1) is 20.8 Å². The second-order valence-electron chi connectivity index (χ2n) is 7.81. The molecule has 0 amide bonds. The molecule has 0 saturated carbocycles. The number of aryl methyl sites for hydroxylation is 3. The Balaban J connectivity index is 1.55. The van der Waals surface area contributed by atoms with Gasteiger partial charge < -0.3 is 24.0 Å². The number of rotatable bonds is 7. The zero-order valence-corrected chi connectivity index (χ0v) is 19.4. The third kappa shape index (κ3) is 4.08. The topological polar surface area (TPSA) is 64.9 Å². The lowest BCUT2D eigenvalue weighted by Crippen LogP contribution is -2.26. The number of hydrogen-bond acceptors (Lipinski definition) is 7. The largest absolute Gasteiger partial charge is 0.493 e. The number of hydrogen-bond donors (Lipinski definition) is 0. The molecule has 0 spiro atoms. The van der Waals surface area contributed by atoms with Crippen molar-refractivity contribution in [3.8, 4) is 17.4 Å². The number of benzene rings is 1. The molecule has 0 bridgehead atoms. The summed E-state index contributed by atoms with van der Waals surface area (Å²) in [5, 5.41) is 4.54. The lowest BCUT2D eigenvalue weighted by atomic mass is 10.1. The average molecular weight is 436 g/mol. The van der Waals surface area contributed by atoms with Gasteiger partial charge in [-0.25, -0.2) is 4.98 Å². The Labute approximate surface area is 188 Å². The van der Waals surface area contributed by atoms with E-state index in [9.17, 15) is 0 Å². The van der Waals surface area contributed by atoms with Crippen LogP contribution in [0.25, 0.3) is 0 Å². The minimum atomic E-state index is 0.381. The van der Waals surface area contributed by atoms with Gasteiger partial charge in [0.15, 0.2) is 11.5 Å². The summed E-state index contributed by atoms with van der Waals surface area (Å²) in [6.45, 7) is 7.28. The van der Waals surface area contributed by atoms with Gasteiger partial charge in [-0.15, -0.1) is 0 Å². The predicted molar refractivity (Wildman–Crippen MR) is 124 cm³/mol. The molecule has 32 heavy (non-hydrogen) atoms. The highest BCUT2D eigenvalue weighted by Gasteiger charge is 2.23. The summed E-state index contributed by atoms with van der Waals surface area (Å²) in [6, 6.07) is 7.80. The zero-order valence-electron chi connectivity index (χ0n) is 19.4. The maximum Gasteiger partial charge on any atom is 0.212 e. The summed E-state index contributed by atoms with van der Waals surface area (Å²) in [5.74, 6) is 1.96. The number of ether oxygens (including phenoxy) is 3. The van der Waals surface area contributed by atoms with Crippen molar-refractivity contribution in [2.24, 2.45) is 7.05 Å². The van der Waals surface area contributed by atoms with Crippen molar-refractivity contribution in [2.45, 2.75) is 27.4 Å². The van der Waals surface area contributed by atoms with Crippen LogP contribution in [-0.2, 0) is 13.7 Å². The molecule has 0 aliphatic carbocycles. The fourth-order valence-corrected chi connectivity index (χ4v) is 3.91. The fourth-order valence-electron chi connectivity index (χ4n) is 3.91. The molecular weight excluding hydrogens is 406 g/mol. The van der Waals surface area contributed by atoms with Crippen LogP contribution in [-0.4, -0.2) is 35.7 Å². The Morgan fingerprint density at radius 1 is 0.969 bits per heavy atom. The quantitative estimate of drug-likeness (QED) is 0.554. The Bertz CT molecular complexity index is 1140. The molecule has 4 rings (SSSR count). The first-order chi connectivity index (χ1) is 15.4. The van der Waals surface area contributed by atoms with Crippen molar-refractivity contribution in [3.63, 3.8) is 0 Å². The van der Waals surface area contributed by atoms with Gasteiger partial charge >= 0.3 is 0 Å². The highest BCUT2D eigenvalue weighted by molar-refractivity contribution is 5.67. The molecular formula is C24H29N5O3. The molecule has 168 valence electrons. The number of pyridine rings is 1. The van der Waals surface area contributed by atoms with E-state index in [1.807, 2.05) is 42.9 Å². The van der Waals surface area contributed by atoms with Crippen LogP contribution < -0.4 is 24.0 Å². The molecule has 3 aromatic rings. The van der Waals surface area contributed by atoms with Gasteiger partial charge in [-0.3, -0.25) is 4.68 Å². The maximum atomic E-state index is 6.11. The van der Waals surface area contributed by atoms with E-state index in [-0.39, 0.29) is 0 Å². The van der Waals surface area contributed by atoms with Crippen molar-refractivity contribution >= 4 is 11.4 Å². The smallest absolute Gasteiger partial charge is 0.212 e. The van der Waals surface area contributed by atoms with Crippen LogP contribution in [0.4, 0.5) is 11.4 Å². The van der Waals surface area contributed by atoms with Crippen LogP contribution in [0.2, 0.25) is 0 Å². The van der Waals surface area contributed by atoms with E-state index in [0.717, 1.165) is 33.9 Å². The van der Waals surface area contributed by atoms with Crippen molar-refractivity contribution in [2.75, 3.05) is 30.7 Å². The summed E-state index contributed by atoms with van der Waals surface area (Å²) >= 11 is 0. The van der Waals surface area contributed by atoms with Crippen molar-refractivity contribution in [3.05, 3.63) is 65.4 Å². The van der Waals surface area contributed by atoms with Crippen LogP contribution in [0.15, 0.2) is 42.9 Å². The summed E-state index contributed by atoms with van der Waals surface area (Å²) < 4.78 is 18.7. The van der Waals surface area contributed by atoms with Crippen LogP contribution in [0.3, 0.4) is 0 Å². The first-order valence-electron chi connectivity index (χ1n) is 10.4. The maximum absolute atomic E-state index is 6.11. The molecule has 0 N–H and O–H groups in total. The molecule has 0 atom stereocenters. The van der Waals surface area contributed by atoms with Crippen LogP contribution >= 0.6 is 0 Å². The molecule has 1 aromatic carbocycles. The predicted octanol–water partition coefficient (Wildman–Crippen LogP) is 4.09. The van der Waals surface area contributed by atoms with E-state index < -0.39 is 0 Å². The lowest BCUT2D eigenvalue weighted by Gasteiger charge is -2.24. The van der Waals surface area contributed by atoms with E-state index in [4.69, 9.17) is 14.2 Å². The first-order valence-corrected chi connectivity index (χ1v) is 10.4. The van der Waals surface area contributed by atoms with E-state index >= 15 is 0 Å². The molecule has 1 aliphatic rings. The molecule has 8 heteroatoms. The number of nitrogens with zero attached hydrogens (tertiary/aromatic N) is 5. The number of anilines is 2. The third-order valence-corrected chi connectivity index (χ3v) is 5.68. The van der Waals surface area contributed by atoms with E-state index in [1.54, 1.807) is 20.4 Å². The minimum Gasteiger partial charge on any atom is -0.493 e. The first kappa shape index (κ1) is 21.5. The Hall–Kier alpha value is -3.68. The summed E-state index contributed by atoms with van der Waals surface area (Å²) in [5.41, 5.74) is 6.40. The molecule has 0 saturated heterocycles. The van der Waals surface area contributed by atoms with Gasteiger partial charge in [0.25, 0.3) is 0 Å². The second-order valence-corrected chi connectivity index (χ2v) is 7.81. The van der Waals surface area contributed by atoms with Gasteiger partial charge in [-0.1, -0.05) is 0 Å². The Morgan fingerprint density at radius 3 is 2.38 bits per heavy atom. The number of aromatic nitrogens is 3. The molecule has 8 nitrogen and oxygen atoms in total. The molecule has 2 aromatic heterocycles. The highest BCUT2D eigenvalue weighted by Crippen LogP contribution is 2.37.